The number of rotatable bonds is 4. The Kier molecular flexibility index (Phi) is 4.84. The summed E-state index contributed by atoms with van der Waals surface area (Å²) < 4.78 is 0. The summed E-state index contributed by atoms with van der Waals surface area (Å²) in [7, 11) is 0. The molecule has 1 aromatic heterocycles. The van der Waals surface area contributed by atoms with Crippen LogP contribution in [-0.2, 0) is 6.42 Å². The van der Waals surface area contributed by atoms with Gasteiger partial charge in [0.2, 0.25) is 0 Å². The van der Waals surface area contributed by atoms with Crippen molar-refractivity contribution in [2.24, 2.45) is 5.92 Å². The summed E-state index contributed by atoms with van der Waals surface area (Å²) in [6.07, 6.45) is 7.95. The number of aryl methyl sites for hydroxylation is 1. The minimum atomic E-state index is 0.123. The number of hydrogen-bond acceptors (Lipinski definition) is 2. The molecule has 1 aliphatic heterocycles. The summed E-state index contributed by atoms with van der Waals surface area (Å²) in [5.41, 5.74) is 2.09. The largest absolute Gasteiger partial charge is 0.338 e. The molecule has 114 valence electrons. The highest BCUT2D eigenvalue weighted by atomic mass is 16.2. The van der Waals surface area contributed by atoms with Gasteiger partial charge >= 0.3 is 0 Å². The van der Waals surface area contributed by atoms with Crippen LogP contribution in [0.4, 0.5) is 0 Å². The molecule has 1 amide bonds. The normalized spacial score (nSPS) is 18.2. The topological polar surface area (TPSA) is 33.2 Å². The summed E-state index contributed by atoms with van der Waals surface area (Å²) >= 11 is 0. The molecule has 1 fully saturated rings. The van der Waals surface area contributed by atoms with E-state index in [0.717, 1.165) is 32.4 Å². The van der Waals surface area contributed by atoms with Gasteiger partial charge in [0.1, 0.15) is 0 Å². The number of piperidine rings is 1. The Balaban J connectivity index is 1.56. The van der Waals surface area contributed by atoms with Crippen LogP contribution in [-0.4, -0.2) is 28.9 Å². The molecule has 2 heterocycles. The van der Waals surface area contributed by atoms with E-state index in [1.54, 1.807) is 12.4 Å². The predicted octanol–water partition coefficient (Wildman–Crippen LogP) is 3.57. The van der Waals surface area contributed by atoms with E-state index in [4.69, 9.17) is 0 Å². The first-order valence-corrected chi connectivity index (χ1v) is 8.06. The number of carbonyl (C=O) groups is 1. The zero-order valence-electron chi connectivity index (χ0n) is 12.8. The van der Waals surface area contributed by atoms with Gasteiger partial charge in [-0.3, -0.25) is 9.78 Å². The van der Waals surface area contributed by atoms with Crippen LogP contribution in [0.15, 0.2) is 54.9 Å². The predicted molar refractivity (Wildman–Crippen MR) is 87.6 cm³/mol. The molecule has 0 aliphatic carbocycles. The molecule has 0 N–H and O–H groups in total. The van der Waals surface area contributed by atoms with Crippen LogP contribution in [0, 0.1) is 5.92 Å². The third-order valence-electron chi connectivity index (χ3n) is 4.40. The zero-order chi connectivity index (χ0) is 15.2. The van der Waals surface area contributed by atoms with Crippen molar-refractivity contribution >= 4 is 5.91 Å². The lowest BCUT2D eigenvalue weighted by Gasteiger charge is -2.33. The first-order valence-electron chi connectivity index (χ1n) is 8.06. The van der Waals surface area contributed by atoms with Gasteiger partial charge in [-0.05, 0) is 49.3 Å². The lowest BCUT2D eigenvalue weighted by molar-refractivity contribution is 0.0668. The molecule has 0 saturated carbocycles. The molecule has 0 bridgehead atoms. The third-order valence-corrected chi connectivity index (χ3v) is 4.40. The van der Waals surface area contributed by atoms with E-state index >= 15 is 0 Å². The van der Waals surface area contributed by atoms with Crippen molar-refractivity contribution in [1.82, 2.24) is 9.88 Å². The SMILES string of the molecule is O=C(c1cccnc1)N1CCCC(CCc2ccccc2)C1. The average Bonchev–Trinajstić information content (AvgIpc) is 2.61. The Morgan fingerprint density at radius 3 is 2.82 bits per heavy atom. The van der Waals surface area contributed by atoms with Gasteiger partial charge in [-0.25, -0.2) is 0 Å². The van der Waals surface area contributed by atoms with E-state index in [0.29, 0.717) is 11.5 Å². The minimum Gasteiger partial charge on any atom is -0.338 e. The molecule has 1 unspecified atom stereocenters. The second-order valence-corrected chi connectivity index (χ2v) is 6.03. The van der Waals surface area contributed by atoms with Gasteiger partial charge in [0, 0.05) is 25.5 Å². The van der Waals surface area contributed by atoms with Crippen LogP contribution in [0.1, 0.15) is 35.2 Å². The maximum absolute atomic E-state index is 12.5. The van der Waals surface area contributed by atoms with Crippen molar-refractivity contribution in [3.05, 3.63) is 66.0 Å². The van der Waals surface area contributed by atoms with Gasteiger partial charge in [-0.1, -0.05) is 30.3 Å². The Bertz CT molecular complexity index is 597. The Hall–Kier alpha value is -2.16. The molecule has 2 aromatic rings. The van der Waals surface area contributed by atoms with Crippen LogP contribution in [0.25, 0.3) is 0 Å². The summed E-state index contributed by atoms with van der Waals surface area (Å²) in [6, 6.07) is 14.3. The van der Waals surface area contributed by atoms with Crippen LogP contribution in [0.2, 0.25) is 0 Å². The number of likely N-dealkylation sites (tertiary alicyclic amines) is 1. The van der Waals surface area contributed by atoms with Gasteiger partial charge in [-0.15, -0.1) is 0 Å². The van der Waals surface area contributed by atoms with Gasteiger partial charge in [-0.2, -0.15) is 0 Å². The van der Waals surface area contributed by atoms with E-state index in [9.17, 15) is 4.79 Å². The van der Waals surface area contributed by atoms with Gasteiger partial charge in [0.15, 0.2) is 0 Å². The Labute approximate surface area is 132 Å². The Morgan fingerprint density at radius 1 is 1.18 bits per heavy atom. The first kappa shape index (κ1) is 14.8. The van der Waals surface area contributed by atoms with E-state index in [1.165, 1.54) is 12.0 Å². The van der Waals surface area contributed by atoms with Crippen LogP contribution in [0.3, 0.4) is 0 Å². The fraction of sp³-hybridized carbons (Fsp3) is 0.368. The maximum Gasteiger partial charge on any atom is 0.255 e. The van der Waals surface area contributed by atoms with E-state index in [2.05, 4.69) is 35.3 Å². The number of hydrogen-bond donors (Lipinski definition) is 0. The van der Waals surface area contributed by atoms with E-state index < -0.39 is 0 Å². The zero-order valence-corrected chi connectivity index (χ0v) is 12.8. The van der Waals surface area contributed by atoms with E-state index in [1.807, 2.05) is 17.0 Å². The second-order valence-electron chi connectivity index (χ2n) is 6.03. The molecule has 0 spiro atoms. The molecule has 1 saturated heterocycles. The number of benzene rings is 1. The van der Waals surface area contributed by atoms with Crippen LogP contribution >= 0.6 is 0 Å². The standard InChI is InChI=1S/C19H22N2O/c22-19(18-9-4-12-20-14-18)21-13-5-8-17(15-21)11-10-16-6-2-1-3-7-16/h1-4,6-7,9,12,14,17H,5,8,10-11,13,15H2. The summed E-state index contributed by atoms with van der Waals surface area (Å²) in [5.74, 6) is 0.729. The third kappa shape index (κ3) is 3.73. The molecular weight excluding hydrogens is 272 g/mol. The quantitative estimate of drug-likeness (QED) is 0.863. The highest BCUT2D eigenvalue weighted by Gasteiger charge is 2.24. The first-order chi connectivity index (χ1) is 10.8. The highest BCUT2D eigenvalue weighted by molar-refractivity contribution is 5.93. The lowest BCUT2D eigenvalue weighted by Crippen LogP contribution is -2.40. The molecule has 3 rings (SSSR count). The molecule has 1 aliphatic rings. The number of aromatic nitrogens is 1. The van der Waals surface area contributed by atoms with Gasteiger partial charge in [0.25, 0.3) is 5.91 Å². The number of nitrogens with zero attached hydrogens (tertiary/aromatic N) is 2. The molecule has 1 atom stereocenters. The molecule has 1 aromatic carbocycles. The number of carbonyl (C=O) groups excluding carboxylic acids is 1. The number of amides is 1. The monoisotopic (exact) mass is 294 g/mol. The van der Waals surface area contributed by atoms with Gasteiger partial charge in [0.05, 0.1) is 5.56 Å². The van der Waals surface area contributed by atoms with Crippen LogP contribution < -0.4 is 0 Å². The molecule has 3 nitrogen and oxygen atoms in total. The van der Waals surface area contributed by atoms with Crippen LogP contribution in [0.5, 0.6) is 0 Å². The Morgan fingerprint density at radius 2 is 2.05 bits per heavy atom. The minimum absolute atomic E-state index is 0.123. The lowest BCUT2D eigenvalue weighted by atomic mass is 9.91. The number of pyridine rings is 1. The van der Waals surface area contributed by atoms with Crippen molar-refractivity contribution in [3.63, 3.8) is 0 Å². The molecule has 3 heteroatoms. The van der Waals surface area contributed by atoms with Crippen molar-refractivity contribution < 1.29 is 4.79 Å². The second kappa shape index (κ2) is 7.21. The highest BCUT2D eigenvalue weighted by Crippen LogP contribution is 2.22. The fourth-order valence-electron chi connectivity index (χ4n) is 3.17. The fourth-order valence-corrected chi connectivity index (χ4v) is 3.17. The van der Waals surface area contributed by atoms with Gasteiger partial charge < -0.3 is 4.90 Å². The van der Waals surface area contributed by atoms with Crippen molar-refractivity contribution in [2.45, 2.75) is 25.7 Å². The van der Waals surface area contributed by atoms with Crippen molar-refractivity contribution in [1.29, 1.82) is 0 Å². The maximum atomic E-state index is 12.5. The summed E-state index contributed by atoms with van der Waals surface area (Å²) in [6.45, 7) is 1.75. The molecule has 22 heavy (non-hydrogen) atoms. The molecular formula is C19H22N2O. The average molecular weight is 294 g/mol. The smallest absolute Gasteiger partial charge is 0.255 e. The van der Waals surface area contributed by atoms with Crippen molar-refractivity contribution in [3.8, 4) is 0 Å². The summed E-state index contributed by atoms with van der Waals surface area (Å²) in [4.78, 5) is 18.5. The van der Waals surface area contributed by atoms with Crippen molar-refractivity contribution in [2.75, 3.05) is 13.1 Å². The van der Waals surface area contributed by atoms with E-state index in [-0.39, 0.29) is 5.91 Å². The molecule has 0 radical (unpaired) electrons. The summed E-state index contributed by atoms with van der Waals surface area (Å²) in [5, 5.41) is 0.